The highest BCUT2D eigenvalue weighted by Crippen LogP contribution is 2.16. The highest BCUT2D eigenvalue weighted by molar-refractivity contribution is 5.94. The fourth-order valence-corrected chi connectivity index (χ4v) is 2.25. The Balaban J connectivity index is 1.77. The van der Waals surface area contributed by atoms with Crippen molar-refractivity contribution in [3.05, 3.63) is 60.2 Å². The highest BCUT2D eigenvalue weighted by atomic mass is 19.3. The molecule has 0 aliphatic heterocycles. The van der Waals surface area contributed by atoms with Gasteiger partial charge in [0.05, 0.1) is 0 Å². The molecular formula is C18H20F2N2O2. The topological polar surface area (TPSA) is 41.6 Å². The van der Waals surface area contributed by atoms with Gasteiger partial charge >= 0.3 is 6.61 Å². The summed E-state index contributed by atoms with van der Waals surface area (Å²) in [5.74, 6) is -0.335. The lowest BCUT2D eigenvalue weighted by atomic mass is 10.2. The maximum absolute atomic E-state index is 12.2. The number of halogens is 2. The summed E-state index contributed by atoms with van der Waals surface area (Å²) < 4.78 is 28.7. The van der Waals surface area contributed by atoms with E-state index >= 15 is 0 Å². The number of carbonyl (C=O) groups is 1. The Hall–Kier alpha value is -2.63. The van der Waals surface area contributed by atoms with Gasteiger partial charge in [0.15, 0.2) is 0 Å². The number of carbonyl (C=O) groups excluding carboxylic acids is 1. The van der Waals surface area contributed by atoms with E-state index in [9.17, 15) is 13.6 Å². The molecule has 2 aromatic carbocycles. The molecule has 0 aliphatic rings. The molecule has 0 saturated carbocycles. The average Bonchev–Trinajstić information content (AvgIpc) is 2.58. The lowest BCUT2D eigenvalue weighted by molar-refractivity contribution is -0.0498. The SMILES string of the molecule is CN(CCCNC(=O)c1cccc(OC(F)F)c1)c1ccccc1. The first-order valence-corrected chi connectivity index (χ1v) is 7.65. The van der Waals surface area contributed by atoms with Crippen molar-refractivity contribution in [2.24, 2.45) is 0 Å². The minimum absolute atomic E-state index is 0.0264. The van der Waals surface area contributed by atoms with Gasteiger partial charge in [-0.05, 0) is 36.8 Å². The summed E-state index contributed by atoms with van der Waals surface area (Å²) in [6.07, 6.45) is 0.768. The van der Waals surface area contributed by atoms with E-state index in [1.54, 1.807) is 6.07 Å². The van der Waals surface area contributed by atoms with Gasteiger partial charge in [-0.3, -0.25) is 4.79 Å². The summed E-state index contributed by atoms with van der Waals surface area (Å²) in [5.41, 5.74) is 1.41. The molecule has 1 N–H and O–H groups in total. The van der Waals surface area contributed by atoms with Gasteiger partial charge in [-0.2, -0.15) is 8.78 Å². The Bertz CT molecular complexity index is 650. The van der Waals surface area contributed by atoms with E-state index in [0.717, 1.165) is 18.7 Å². The van der Waals surface area contributed by atoms with Gasteiger partial charge in [-0.15, -0.1) is 0 Å². The largest absolute Gasteiger partial charge is 0.435 e. The Morgan fingerprint density at radius 3 is 2.62 bits per heavy atom. The molecule has 2 aromatic rings. The molecule has 0 fully saturated rings. The average molecular weight is 334 g/mol. The third-order valence-electron chi connectivity index (χ3n) is 3.47. The highest BCUT2D eigenvalue weighted by Gasteiger charge is 2.09. The predicted molar refractivity (Wildman–Crippen MR) is 89.7 cm³/mol. The predicted octanol–water partition coefficient (Wildman–Crippen LogP) is 3.54. The van der Waals surface area contributed by atoms with Gasteiger partial charge in [0.25, 0.3) is 5.91 Å². The van der Waals surface area contributed by atoms with Crippen molar-refractivity contribution in [2.45, 2.75) is 13.0 Å². The van der Waals surface area contributed by atoms with E-state index < -0.39 is 6.61 Å². The summed E-state index contributed by atoms with van der Waals surface area (Å²) in [7, 11) is 1.99. The van der Waals surface area contributed by atoms with Crippen LogP contribution < -0.4 is 15.0 Å². The van der Waals surface area contributed by atoms with Crippen LogP contribution in [0.2, 0.25) is 0 Å². The molecule has 0 radical (unpaired) electrons. The summed E-state index contributed by atoms with van der Waals surface area (Å²) in [5, 5.41) is 2.78. The van der Waals surface area contributed by atoms with Crippen LogP contribution in [-0.2, 0) is 0 Å². The number of alkyl halides is 2. The van der Waals surface area contributed by atoms with Gasteiger partial charge in [0.1, 0.15) is 5.75 Å². The summed E-state index contributed by atoms with van der Waals surface area (Å²) in [4.78, 5) is 14.1. The number of nitrogens with zero attached hydrogens (tertiary/aromatic N) is 1. The maximum Gasteiger partial charge on any atom is 0.387 e. The standard InChI is InChI=1S/C18H20F2N2O2/c1-22(15-8-3-2-4-9-15)12-6-11-21-17(23)14-7-5-10-16(13-14)24-18(19)20/h2-5,7-10,13,18H,6,11-12H2,1H3,(H,21,23). The number of amides is 1. The van der Waals surface area contributed by atoms with E-state index in [0.29, 0.717) is 12.1 Å². The molecule has 0 aliphatic carbocycles. The lowest BCUT2D eigenvalue weighted by Gasteiger charge is -2.19. The zero-order valence-electron chi connectivity index (χ0n) is 13.4. The smallest absolute Gasteiger partial charge is 0.387 e. The van der Waals surface area contributed by atoms with E-state index in [-0.39, 0.29) is 11.7 Å². The van der Waals surface area contributed by atoms with Crippen molar-refractivity contribution < 1.29 is 18.3 Å². The second-order valence-electron chi connectivity index (χ2n) is 5.27. The van der Waals surface area contributed by atoms with Crippen LogP contribution in [0.15, 0.2) is 54.6 Å². The first kappa shape index (κ1) is 17.7. The van der Waals surface area contributed by atoms with Gasteiger partial charge < -0.3 is 15.0 Å². The molecule has 0 spiro atoms. The van der Waals surface area contributed by atoms with Gasteiger partial charge in [-0.25, -0.2) is 0 Å². The number of anilines is 1. The zero-order chi connectivity index (χ0) is 17.4. The van der Waals surface area contributed by atoms with Crippen molar-refractivity contribution in [1.82, 2.24) is 5.32 Å². The van der Waals surface area contributed by atoms with Crippen LogP contribution >= 0.6 is 0 Å². The molecule has 0 atom stereocenters. The molecule has 1 amide bonds. The Kier molecular flexibility index (Phi) is 6.54. The quantitative estimate of drug-likeness (QED) is 0.751. The van der Waals surface area contributed by atoms with Crippen LogP contribution in [0, 0.1) is 0 Å². The molecule has 2 rings (SSSR count). The van der Waals surface area contributed by atoms with Crippen molar-refractivity contribution in [3.63, 3.8) is 0 Å². The second-order valence-corrected chi connectivity index (χ2v) is 5.27. The van der Waals surface area contributed by atoms with Crippen LogP contribution in [-0.4, -0.2) is 32.7 Å². The minimum atomic E-state index is -2.91. The molecule has 0 heterocycles. The normalized spacial score (nSPS) is 10.5. The van der Waals surface area contributed by atoms with Crippen molar-refractivity contribution in [1.29, 1.82) is 0 Å². The maximum atomic E-state index is 12.2. The first-order chi connectivity index (χ1) is 11.6. The van der Waals surface area contributed by atoms with E-state index in [1.807, 2.05) is 37.4 Å². The Morgan fingerprint density at radius 1 is 1.17 bits per heavy atom. The number of nitrogens with one attached hydrogen (secondary N) is 1. The van der Waals surface area contributed by atoms with Crippen LogP contribution in [0.1, 0.15) is 16.8 Å². The monoisotopic (exact) mass is 334 g/mol. The number of ether oxygens (including phenoxy) is 1. The van der Waals surface area contributed by atoms with E-state index in [1.165, 1.54) is 18.2 Å². The molecule has 0 bridgehead atoms. The molecule has 0 unspecified atom stereocenters. The van der Waals surface area contributed by atoms with Crippen molar-refractivity contribution >= 4 is 11.6 Å². The number of hydrogen-bond acceptors (Lipinski definition) is 3. The summed E-state index contributed by atoms with van der Waals surface area (Å²) in [6, 6.07) is 15.7. The molecule has 4 nitrogen and oxygen atoms in total. The van der Waals surface area contributed by atoms with Crippen LogP contribution in [0.5, 0.6) is 5.75 Å². The summed E-state index contributed by atoms with van der Waals surface area (Å²) >= 11 is 0. The minimum Gasteiger partial charge on any atom is -0.435 e. The second kappa shape index (κ2) is 8.86. The zero-order valence-corrected chi connectivity index (χ0v) is 13.4. The van der Waals surface area contributed by atoms with Crippen LogP contribution in [0.4, 0.5) is 14.5 Å². The molecule has 0 aromatic heterocycles. The van der Waals surface area contributed by atoms with Crippen LogP contribution in [0.3, 0.4) is 0 Å². The lowest BCUT2D eigenvalue weighted by Crippen LogP contribution is -2.28. The third-order valence-corrected chi connectivity index (χ3v) is 3.47. The fourth-order valence-electron chi connectivity index (χ4n) is 2.25. The molecule has 0 saturated heterocycles. The van der Waals surface area contributed by atoms with Gasteiger partial charge in [-0.1, -0.05) is 24.3 Å². The molecule has 6 heteroatoms. The Morgan fingerprint density at radius 2 is 1.92 bits per heavy atom. The van der Waals surface area contributed by atoms with Crippen molar-refractivity contribution in [2.75, 3.05) is 25.0 Å². The number of hydrogen-bond donors (Lipinski definition) is 1. The number of para-hydroxylation sites is 1. The number of benzene rings is 2. The van der Waals surface area contributed by atoms with E-state index in [2.05, 4.69) is 15.0 Å². The van der Waals surface area contributed by atoms with Gasteiger partial charge in [0.2, 0.25) is 0 Å². The molecular weight excluding hydrogens is 314 g/mol. The molecule has 24 heavy (non-hydrogen) atoms. The fraction of sp³-hybridized carbons (Fsp3) is 0.278. The Labute approximate surface area is 140 Å². The number of rotatable bonds is 8. The van der Waals surface area contributed by atoms with Crippen molar-refractivity contribution in [3.8, 4) is 5.75 Å². The first-order valence-electron chi connectivity index (χ1n) is 7.65. The molecule has 128 valence electrons. The van der Waals surface area contributed by atoms with E-state index in [4.69, 9.17) is 0 Å². The third kappa shape index (κ3) is 5.53. The van der Waals surface area contributed by atoms with Crippen LogP contribution in [0.25, 0.3) is 0 Å². The summed E-state index contributed by atoms with van der Waals surface area (Å²) in [6.45, 7) is -1.62. The van der Waals surface area contributed by atoms with Gasteiger partial charge in [0, 0.05) is 31.4 Å².